The quantitative estimate of drug-likeness (QED) is 0.230. The first-order chi connectivity index (χ1) is 15.6. The summed E-state index contributed by atoms with van der Waals surface area (Å²) in [6.07, 6.45) is 0. The Hall–Kier alpha value is -1.06. The van der Waals surface area contributed by atoms with Gasteiger partial charge < -0.3 is 37.2 Å². The van der Waals surface area contributed by atoms with Crippen LogP contribution in [-0.2, 0) is 20.4 Å². The van der Waals surface area contributed by atoms with E-state index in [9.17, 15) is 0 Å². The maximum absolute atomic E-state index is 2.59. The van der Waals surface area contributed by atoms with Crippen LogP contribution < -0.4 is 52.8 Å². The number of halogens is 3. The van der Waals surface area contributed by atoms with Gasteiger partial charge in [0.2, 0.25) is 0 Å². The number of aryl methyl sites for hydroxylation is 2. The average Bonchev–Trinajstić information content (AvgIpc) is 2.96. The predicted octanol–water partition coefficient (Wildman–Crippen LogP) is -2.67. The minimum atomic E-state index is -2.59. The fourth-order valence-corrected chi connectivity index (χ4v) is 14.4. The summed E-state index contributed by atoms with van der Waals surface area (Å²) in [7, 11) is -2.59. The fraction of sp³-hybridized carbons (Fsp3) is 0.290. The Labute approximate surface area is 249 Å². The van der Waals surface area contributed by atoms with Crippen molar-refractivity contribution >= 4 is 23.6 Å². The Morgan fingerprint density at radius 3 is 1.42 bits per heavy atom. The van der Waals surface area contributed by atoms with Gasteiger partial charge in [-0.05, 0) is 0 Å². The second kappa shape index (κ2) is 12.2. The van der Waals surface area contributed by atoms with E-state index in [1.54, 1.807) is 10.4 Å². The Kier molecular flexibility index (Phi) is 11.2. The van der Waals surface area contributed by atoms with Crippen LogP contribution in [0, 0.1) is 27.7 Å². The van der Waals surface area contributed by atoms with Gasteiger partial charge in [-0.25, -0.2) is 0 Å². The Bertz CT molecular complexity index is 1230. The van der Waals surface area contributed by atoms with E-state index < -0.39 is 8.07 Å². The van der Waals surface area contributed by atoms with E-state index in [1.165, 1.54) is 48.0 Å². The van der Waals surface area contributed by atoms with E-state index in [4.69, 9.17) is 0 Å². The Balaban J connectivity index is 0.00000216. The van der Waals surface area contributed by atoms with Gasteiger partial charge in [0.25, 0.3) is 0 Å². The molecule has 1 unspecified atom stereocenters. The van der Waals surface area contributed by atoms with Gasteiger partial charge in [-0.1, -0.05) is 0 Å². The summed E-state index contributed by atoms with van der Waals surface area (Å²) in [5, 5.41) is 4.54. The van der Waals surface area contributed by atoms with Crippen molar-refractivity contribution in [2.24, 2.45) is 0 Å². The van der Waals surface area contributed by atoms with Crippen LogP contribution in [-0.4, -0.2) is 8.07 Å². The van der Waals surface area contributed by atoms with E-state index in [0.717, 1.165) is 0 Å². The van der Waals surface area contributed by atoms with Gasteiger partial charge in [0.1, 0.15) is 0 Å². The van der Waals surface area contributed by atoms with Crippen LogP contribution in [0.5, 0.6) is 0 Å². The van der Waals surface area contributed by atoms with Gasteiger partial charge in [0.15, 0.2) is 0 Å². The summed E-state index contributed by atoms with van der Waals surface area (Å²) in [6.45, 7) is 18.8. The van der Waals surface area contributed by atoms with Crippen LogP contribution in [0.25, 0.3) is 0 Å². The molecule has 1 atom stereocenters. The Morgan fingerprint density at radius 1 is 0.583 bits per heavy atom. The maximum atomic E-state index is 2.56. The molecule has 0 radical (unpaired) electrons. The largest absolute Gasteiger partial charge is 1.00 e. The molecule has 5 heteroatoms. The normalized spacial score (nSPS) is 17.4. The SMILES string of the molecule is CC1=C(C)C(C)([Si](c2ccccc2)(c2cccc(C)c2C)c2cccc(C)c2C)[C]([Ti+3])=C1C.[Cl-].[Cl-].[Cl-]. The molecule has 0 fully saturated rings. The van der Waals surface area contributed by atoms with Gasteiger partial charge in [-0.3, -0.25) is 0 Å². The van der Waals surface area contributed by atoms with Crippen molar-refractivity contribution in [2.75, 3.05) is 0 Å². The molecule has 0 aromatic heterocycles. The zero-order valence-corrected chi connectivity index (χ0v) is 27.3. The van der Waals surface area contributed by atoms with Crippen LogP contribution in [0.1, 0.15) is 49.9 Å². The fourth-order valence-electron chi connectivity index (χ4n) is 6.16. The van der Waals surface area contributed by atoms with Crippen molar-refractivity contribution in [3.05, 3.63) is 110 Å². The molecule has 0 nitrogen and oxygen atoms in total. The topological polar surface area (TPSA) is 0 Å². The first kappa shape index (κ1) is 33.0. The van der Waals surface area contributed by atoms with Gasteiger partial charge in [-0.15, -0.1) is 0 Å². The van der Waals surface area contributed by atoms with Gasteiger partial charge in [0.05, 0.1) is 0 Å². The minimum Gasteiger partial charge on any atom is -1.00 e. The van der Waals surface area contributed by atoms with Crippen LogP contribution in [0.4, 0.5) is 0 Å². The van der Waals surface area contributed by atoms with Crippen molar-refractivity contribution < 1.29 is 57.7 Å². The molecule has 3 aromatic carbocycles. The smallest absolute Gasteiger partial charge is 1.00 e. The third-order valence-corrected chi connectivity index (χ3v) is 16.5. The number of hydrogen-bond donors (Lipinski definition) is 0. The predicted molar refractivity (Wildman–Crippen MR) is 142 cm³/mol. The number of hydrogen-bond acceptors (Lipinski definition) is 0. The summed E-state index contributed by atoms with van der Waals surface area (Å²) in [5.74, 6) is 0. The number of rotatable bonds is 4. The second-order valence-electron chi connectivity index (χ2n) is 9.99. The summed E-state index contributed by atoms with van der Waals surface area (Å²) in [6, 6.07) is 25.4. The van der Waals surface area contributed by atoms with Crippen molar-refractivity contribution in [2.45, 2.75) is 60.4 Å². The van der Waals surface area contributed by atoms with E-state index in [-0.39, 0.29) is 42.3 Å². The summed E-state index contributed by atoms with van der Waals surface area (Å²) in [4.78, 5) is 0. The monoisotopic (exact) mass is 588 g/mol. The van der Waals surface area contributed by atoms with E-state index in [0.29, 0.717) is 0 Å². The Morgan fingerprint density at radius 2 is 1.03 bits per heavy atom. The molecule has 1 aliphatic carbocycles. The van der Waals surface area contributed by atoms with E-state index in [2.05, 4.69) is 143 Å². The van der Waals surface area contributed by atoms with Crippen molar-refractivity contribution in [3.8, 4) is 0 Å². The molecule has 3 aromatic rings. The van der Waals surface area contributed by atoms with Crippen molar-refractivity contribution in [1.82, 2.24) is 0 Å². The van der Waals surface area contributed by atoms with Crippen LogP contribution >= 0.6 is 0 Å². The summed E-state index contributed by atoms with van der Waals surface area (Å²) >= 11 is 2.40. The zero-order valence-electron chi connectivity index (χ0n) is 22.5. The third-order valence-electron chi connectivity index (χ3n) is 8.72. The molecule has 1 aliphatic rings. The molecule has 0 amide bonds. The molecule has 0 saturated heterocycles. The molecule has 36 heavy (non-hydrogen) atoms. The molecular formula is C31H35Cl3SiTi. The van der Waals surface area contributed by atoms with E-state index >= 15 is 0 Å². The molecule has 0 saturated carbocycles. The van der Waals surface area contributed by atoms with Crippen LogP contribution in [0.15, 0.2) is 87.3 Å². The first-order valence-corrected chi connectivity index (χ1v) is 14.7. The third kappa shape index (κ3) is 4.55. The molecular weight excluding hydrogens is 555 g/mol. The first-order valence-electron chi connectivity index (χ1n) is 11.9. The van der Waals surface area contributed by atoms with Crippen LogP contribution in [0.2, 0.25) is 5.04 Å². The molecule has 4 rings (SSSR count). The number of benzene rings is 3. The molecule has 0 heterocycles. The second-order valence-corrected chi connectivity index (χ2v) is 14.9. The molecule has 0 aliphatic heterocycles. The van der Waals surface area contributed by atoms with Gasteiger partial charge >= 0.3 is 214 Å². The molecule has 0 N–H and O–H groups in total. The van der Waals surface area contributed by atoms with Gasteiger partial charge in [0, 0.05) is 0 Å². The van der Waals surface area contributed by atoms with Crippen LogP contribution in [0.3, 0.4) is 0 Å². The van der Waals surface area contributed by atoms with E-state index in [1.807, 2.05) is 0 Å². The standard InChI is InChI=1S/C31H35Si.3ClH.Ti/c1-21-14-12-18-29(25(21)5)32(28-16-10-9-11-17-28,30-19-13-15-22(2)26(30)6)31(8)20-23(3)24(4)27(31)7;;;;/h9-19H,1-8H3;3*1H;/q;;;;+3/p-3. The maximum Gasteiger partial charge on any atom is -1.00 e. The van der Waals surface area contributed by atoms with Crippen molar-refractivity contribution in [1.29, 1.82) is 0 Å². The summed E-state index contributed by atoms with van der Waals surface area (Å²) < 4.78 is 1.54. The zero-order chi connectivity index (χ0) is 24.1. The van der Waals surface area contributed by atoms with Crippen molar-refractivity contribution in [3.63, 3.8) is 0 Å². The molecule has 0 bridgehead atoms. The summed E-state index contributed by atoms with van der Waals surface area (Å²) in [5.41, 5.74) is 10.1. The molecule has 188 valence electrons. The average molecular weight is 590 g/mol. The number of allylic oxidation sites excluding steroid dienone is 4. The minimum absolute atomic E-state index is 0. The molecule has 0 spiro atoms. The van der Waals surface area contributed by atoms with Gasteiger partial charge in [-0.2, -0.15) is 0 Å².